The summed E-state index contributed by atoms with van der Waals surface area (Å²) in [5, 5.41) is 0. The molecule has 1 aliphatic heterocycles. The molecule has 3 nitrogen and oxygen atoms in total. The van der Waals surface area contributed by atoms with E-state index in [9.17, 15) is 4.79 Å². The largest absolute Gasteiger partial charge is 0.342 e. The lowest BCUT2D eigenvalue weighted by molar-refractivity contribution is -0.130. The van der Waals surface area contributed by atoms with Gasteiger partial charge >= 0.3 is 0 Å². The third kappa shape index (κ3) is 5.16. The van der Waals surface area contributed by atoms with Crippen LogP contribution in [0, 0.1) is 5.41 Å². The summed E-state index contributed by atoms with van der Waals surface area (Å²) in [6, 6.07) is 8.11. The molecule has 1 fully saturated rings. The molecule has 0 aliphatic carbocycles. The van der Waals surface area contributed by atoms with Crippen molar-refractivity contribution in [2.24, 2.45) is 11.1 Å². The second-order valence-corrected chi connectivity index (χ2v) is 7.60. The van der Waals surface area contributed by atoms with Crippen LogP contribution in [0.5, 0.6) is 0 Å². The molecule has 1 unspecified atom stereocenters. The molecular formula is C15H22BrClN2OS. The number of carbonyl (C=O) groups is 1. The van der Waals surface area contributed by atoms with E-state index < -0.39 is 0 Å². The van der Waals surface area contributed by atoms with E-state index in [2.05, 4.69) is 28.9 Å². The lowest BCUT2D eigenvalue weighted by Gasteiger charge is -2.22. The van der Waals surface area contributed by atoms with Crippen molar-refractivity contribution in [1.82, 2.24) is 4.90 Å². The van der Waals surface area contributed by atoms with E-state index in [1.807, 2.05) is 23.1 Å². The summed E-state index contributed by atoms with van der Waals surface area (Å²) in [4.78, 5) is 15.3. The van der Waals surface area contributed by atoms with Gasteiger partial charge < -0.3 is 10.6 Å². The van der Waals surface area contributed by atoms with Gasteiger partial charge in [-0.25, -0.2) is 0 Å². The maximum atomic E-state index is 12.2. The molecule has 0 spiro atoms. The number of amides is 1. The van der Waals surface area contributed by atoms with E-state index in [1.54, 1.807) is 11.8 Å². The summed E-state index contributed by atoms with van der Waals surface area (Å²) in [6.07, 6.45) is 1.61. The molecular weight excluding hydrogens is 372 g/mol. The van der Waals surface area contributed by atoms with Crippen LogP contribution in [0.1, 0.15) is 19.8 Å². The summed E-state index contributed by atoms with van der Waals surface area (Å²) in [5.74, 6) is 1.07. The van der Waals surface area contributed by atoms with Crippen molar-refractivity contribution in [3.8, 4) is 0 Å². The Labute approximate surface area is 145 Å². The van der Waals surface area contributed by atoms with E-state index in [0.717, 1.165) is 29.7 Å². The van der Waals surface area contributed by atoms with Crippen molar-refractivity contribution in [3.63, 3.8) is 0 Å². The van der Waals surface area contributed by atoms with Crippen molar-refractivity contribution < 1.29 is 4.79 Å². The number of likely N-dealkylation sites (tertiary alicyclic amines) is 1. The van der Waals surface area contributed by atoms with E-state index in [1.165, 1.54) is 4.90 Å². The fourth-order valence-corrected chi connectivity index (χ4v) is 3.88. The van der Waals surface area contributed by atoms with Crippen LogP contribution in [0.15, 0.2) is 33.6 Å². The van der Waals surface area contributed by atoms with Crippen molar-refractivity contribution in [3.05, 3.63) is 28.7 Å². The molecule has 1 atom stereocenters. The first-order valence-electron chi connectivity index (χ1n) is 6.89. The zero-order valence-electron chi connectivity index (χ0n) is 12.2. The molecule has 118 valence electrons. The smallest absolute Gasteiger partial charge is 0.223 e. The lowest BCUT2D eigenvalue weighted by Crippen LogP contribution is -2.34. The summed E-state index contributed by atoms with van der Waals surface area (Å²) < 4.78 is 1.09. The van der Waals surface area contributed by atoms with Gasteiger partial charge in [0.25, 0.3) is 0 Å². The molecule has 21 heavy (non-hydrogen) atoms. The van der Waals surface area contributed by atoms with Crippen LogP contribution >= 0.6 is 40.1 Å². The normalized spacial score (nSPS) is 21.2. The third-order valence-electron chi connectivity index (χ3n) is 3.81. The summed E-state index contributed by atoms with van der Waals surface area (Å²) in [5.41, 5.74) is 5.89. The summed E-state index contributed by atoms with van der Waals surface area (Å²) >= 11 is 5.24. The molecule has 1 aromatic rings. The highest BCUT2D eigenvalue weighted by Gasteiger charge is 2.34. The quantitative estimate of drug-likeness (QED) is 0.778. The average Bonchev–Trinajstić information content (AvgIpc) is 2.84. The molecule has 1 heterocycles. The fraction of sp³-hybridized carbons (Fsp3) is 0.533. The summed E-state index contributed by atoms with van der Waals surface area (Å²) in [6.45, 7) is 4.48. The molecule has 0 bridgehead atoms. The van der Waals surface area contributed by atoms with Gasteiger partial charge in [-0.15, -0.1) is 24.2 Å². The Morgan fingerprint density at radius 1 is 1.48 bits per heavy atom. The minimum atomic E-state index is 0. The van der Waals surface area contributed by atoms with Crippen LogP contribution < -0.4 is 5.73 Å². The van der Waals surface area contributed by atoms with Gasteiger partial charge in [0.1, 0.15) is 0 Å². The van der Waals surface area contributed by atoms with Crippen molar-refractivity contribution >= 4 is 46.0 Å². The fourth-order valence-electron chi connectivity index (χ4n) is 2.37. The highest BCUT2D eigenvalue weighted by atomic mass is 79.9. The SMILES string of the molecule is CC1(CN)CCN(C(=O)CCSc2ccccc2Br)C1.Cl. The average molecular weight is 394 g/mol. The van der Waals surface area contributed by atoms with Crippen molar-refractivity contribution in [2.75, 3.05) is 25.4 Å². The number of halogens is 2. The first kappa shape index (κ1) is 18.8. The van der Waals surface area contributed by atoms with Crippen LogP contribution in [-0.2, 0) is 4.79 Å². The molecule has 2 rings (SSSR count). The Hall–Kier alpha value is -0.230. The van der Waals surface area contributed by atoms with Gasteiger partial charge in [0, 0.05) is 34.6 Å². The number of carbonyl (C=O) groups excluding carboxylic acids is 1. The molecule has 0 saturated carbocycles. The van der Waals surface area contributed by atoms with E-state index in [4.69, 9.17) is 5.73 Å². The van der Waals surface area contributed by atoms with Crippen LogP contribution in [0.25, 0.3) is 0 Å². The summed E-state index contributed by atoms with van der Waals surface area (Å²) in [7, 11) is 0. The zero-order chi connectivity index (χ0) is 14.6. The van der Waals surface area contributed by atoms with Crippen LogP contribution in [-0.4, -0.2) is 36.2 Å². The molecule has 1 saturated heterocycles. The van der Waals surface area contributed by atoms with Gasteiger partial charge in [-0.1, -0.05) is 19.1 Å². The van der Waals surface area contributed by atoms with Gasteiger partial charge in [0.15, 0.2) is 0 Å². The number of benzene rings is 1. The van der Waals surface area contributed by atoms with Crippen molar-refractivity contribution in [2.45, 2.75) is 24.7 Å². The highest BCUT2D eigenvalue weighted by molar-refractivity contribution is 9.10. The number of hydrogen-bond acceptors (Lipinski definition) is 3. The number of nitrogens with zero attached hydrogens (tertiary/aromatic N) is 1. The van der Waals surface area contributed by atoms with Crippen LogP contribution in [0.4, 0.5) is 0 Å². The van der Waals surface area contributed by atoms with Gasteiger partial charge in [-0.05, 0) is 46.4 Å². The standard InChI is InChI=1S/C15H21BrN2OS.ClH/c1-15(10-17)7-8-18(11-15)14(19)6-9-20-13-5-3-2-4-12(13)16;/h2-5H,6-11,17H2,1H3;1H. The van der Waals surface area contributed by atoms with Crippen molar-refractivity contribution in [1.29, 1.82) is 0 Å². The van der Waals surface area contributed by atoms with Gasteiger partial charge in [-0.3, -0.25) is 4.79 Å². The molecule has 1 aliphatic rings. The Morgan fingerprint density at radius 2 is 2.19 bits per heavy atom. The first-order valence-corrected chi connectivity index (χ1v) is 8.67. The van der Waals surface area contributed by atoms with E-state index in [0.29, 0.717) is 13.0 Å². The zero-order valence-corrected chi connectivity index (χ0v) is 15.4. The second kappa shape index (κ2) is 8.42. The highest BCUT2D eigenvalue weighted by Crippen LogP contribution is 2.30. The van der Waals surface area contributed by atoms with Crippen LogP contribution in [0.2, 0.25) is 0 Å². The molecule has 2 N–H and O–H groups in total. The molecule has 6 heteroatoms. The van der Waals surface area contributed by atoms with Gasteiger partial charge in [0.05, 0.1) is 0 Å². The lowest BCUT2D eigenvalue weighted by atomic mass is 9.90. The van der Waals surface area contributed by atoms with Gasteiger partial charge in [0.2, 0.25) is 5.91 Å². The maximum absolute atomic E-state index is 12.2. The molecule has 1 amide bonds. The van der Waals surface area contributed by atoms with E-state index >= 15 is 0 Å². The number of rotatable bonds is 5. The second-order valence-electron chi connectivity index (χ2n) is 5.61. The Kier molecular flexibility index (Phi) is 7.54. The molecule has 0 aromatic heterocycles. The monoisotopic (exact) mass is 392 g/mol. The minimum Gasteiger partial charge on any atom is -0.342 e. The van der Waals surface area contributed by atoms with Crippen LogP contribution in [0.3, 0.4) is 0 Å². The Balaban J connectivity index is 0.00000220. The predicted octanol–water partition coefficient (Wildman–Crippen LogP) is 3.55. The number of hydrogen-bond donors (Lipinski definition) is 1. The minimum absolute atomic E-state index is 0. The Bertz CT molecular complexity index is 488. The molecule has 1 aromatic carbocycles. The third-order valence-corrected chi connectivity index (χ3v) is 5.84. The molecule has 0 radical (unpaired) electrons. The predicted molar refractivity (Wildman–Crippen MR) is 95.1 cm³/mol. The van der Waals surface area contributed by atoms with E-state index in [-0.39, 0.29) is 23.7 Å². The topological polar surface area (TPSA) is 46.3 Å². The number of nitrogens with two attached hydrogens (primary N) is 1. The first-order chi connectivity index (χ1) is 9.54. The Morgan fingerprint density at radius 3 is 2.81 bits per heavy atom. The maximum Gasteiger partial charge on any atom is 0.223 e. The number of thioether (sulfide) groups is 1. The van der Waals surface area contributed by atoms with Gasteiger partial charge in [-0.2, -0.15) is 0 Å².